The first-order valence-corrected chi connectivity index (χ1v) is 5.99. The topological polar surface area (TPSA) is 41.6 Å². The molecule has 0 aromatic carbocycles. The van der Waals surface area contributed by atoms with Crippen molar-refractivity contribution in [2.75, 3.05) is 32.8 Å². The van der Waals surface area contributed by atoms with Gasteiger partial charge in [-0.1, -0.05) is 12.8 Å². The molecular weight excluding hydrogens is 228 g/mol. The molecule has 2 fully saturated rings. The molecule has 0 aromatic heterocycles. The second-order valence-corrected chi connectivity index (χ2v) is 4.30. The third kappa shape index (κ3) is 3.61. The average Bonchev–Trinajstić information content (AvgIpc) is 2.58. The molecule has 2 aliphatic heterocycles. The minimum atomic E-state index is -0.239. The minimum absolute atomic E-state index is 0. The van der Waals surface area contributed by atoms with Crippen molar-refractivity contribution >= 4 is 18.3 Å². The van der Waals surface area contributed by atoms with E-state index in [1.165, 1.54) is 12.8 Å². The van der Waals surface area contributed by atoms with E-state index in [1.807, 2.05) is 4.90 Å². The Morgan fingerprint density at radius 2 is 1.88 bits per heavy atom. The van der Waals surface area contributed by atoms with Crippen LogP contribution in [0.3, 0.4) is 0 Å². The van der Waals surface area contributed by atoms with Gasteiger partial charge in [0.05, 0.1) is 6.61 Å². The van der Waals surface area contributed by atoms with E-state index in [1.54, 1.807) is 0 Å². The summed E-state index contributed by atoms with van der Waals surface area (Å²) < 4.78 is 5.48. The lowest BCUT2D eigenvalue weighted by molar-refractivity contribution is -0.145. The molecule has 0 bridgehead atoms. The standard InChI is InChI=1S/C11H20N2O2.ClH/c14-11(10-9-12-5-8-15-10)13-6-3-1-2-4-7-13;/h10,12H,1-9H2;1H/t10-;/m1./s1. The second-order valence-electron chi connectivity index (χ2n) is 4.30. The van der Waals surface area contributed by atoms with Crippen molar-refractivity contribution in [3.8, 4) is 0 Å². The van der Waals surface area contributed by atoms with Crippen molar-refractivity contribution in [2.24, 2.45) is 0 Å². The van der Waals surface area contributed by atoms with Crippen LogP contribution in [-0.4, -0.2) is 49.7 Å². The molecule has 0 aliphatic carbocycles. The average molecular weight is 249 g/mol. The lowest BCUT2D eigenvalue weighted by atomic mass is 10.2. The Morgan fingerprint density at radius 3 is 2.44 bits per heavy atom. The monoisotopic (exact) mass is 248 g/mol. The first kappa shape index (κ1) is 13.7. The van der Waals surface area contributed by atoms with Crippen molar-refractivity contribution in [1.29, 1.82) is 0 Å². The fraction of sp³-hybridized carbons (Fsp3) is 0.909. The number of nitrogens with one attached hydrogen (secondary N) is 1. The van der Waals surface area contributed by atoms with E-state index in [-0.39, 0.29) is 24.4 Å². The van der Waals surface area contributed by atoms with Crippen molar-refractivity contribution in [3.63, 3.8) is 0 Å². The zero-order valence-electron chi connectivity index (χ0n) is 9.61. The zero-order chi connectivity index (χ0) is 10.5. The number of hydrogen-bond acceptors (Lipinski definition) is 3. The predicted molar refractivity (Wildman–Crippen MR) is 64.9 cm³/mol. The first-order valence-electron chi connectivity index (χ1n) is 5.99. The van der Waals surface area contributed by atoms with Crippen molar-refractivity contribution in [3.05, 3.63) is 0 Å². The van der Waals surface area contributed by atoms with E-state index in [0.717, 1.165) is 32.5 Å². The van der Waals surface area contributed by atoms with Crippen LogP contribution in [0.4, 0.5) is 0 Å². The maximum absolute atomic E-state index is 12.1. The van der Waals surface area contributed by atoms with E-state index in [2.05, 4.69) is 5.32 Å². The van der Waals surface area contributed by atoms with Crippen LogP contribution in [0.5, 0.6) is 0 Å². The van der Waals surface area contributed by atoms with Gasteiger partial charge in [-0.05, 0) is 12.8 Å². The molecule has 0 radical (unpaired) electrons. The van der Waals surface area contributed by atoms with Crippen LogP contribution in [0.25, 0.3) is 0 Å². The summed E-state index contributed by atoms with van der Waals surface area (Å²) in [5, 5.41) is 3.20. The van der Waals surface area contributed by atoms with Gasteiger partial charge in [0.25, 0.3) is 5.91 Å². The third-order valence-corrected chi connectivity index (χ3v) is 3.12. The molecule has 2 heterocycles. The lowest BCUT2D eigenvalue weighted by Crippen LogP contribution is -2.49. The fourth-order valence-electron chi connectivity index (χ4n) is 2.22. The molecule has 0 aromatic rings. The Hall–Kier alpha value is -0.320. The fourth-order valence-corrected chi connectivity index (χ4v) is 2.22. The summed E-state index contributed by atoms with van der Waals surface area (Å²) in [4.78, 5) is 14.0. The Kier molecular flexibility index (Phi) is 6.09. The van der Waals surface area contributed by atoms with E-state index in [0.29, 0.717) is 13.2 Å². The molecule has 4 nitrogen and oxygen atoms in total. The predicted octanol–water partition coefficient (Wildman–Crippen LogP) is 0.799. The van der Waals surface area contributed by atoms with Gasteiger partial charge in [0.2, 0.25) is 0 Å². The van der Waals surface area contributed by atoms with Gasteiger partial charge in [-0.2, -0.15) is 0 Å². The summed E-state index contributed by atoms with van der Waals surface area (Å²) in [5.74, 6) is 0.184. The summed E-state index contributed by atoms with van der Waals surface area (Å²) in [5.41, 5.74) is 0. The summed E-state index contributed by atoms with van der Waals surface area (Å²) >= 11 is 0. The van der Waals surface area contributed by atoms with Gasteiger partial charge in [0, 0.05) is 26.2 Å². The van der Waals surface area contributed by atoms with Crippen LogP contribution < -0.4 is 5.32 Å². The summed E-state index contributed by atoms with van der Waals surface area (Å²) in [6.45, 7) is 4.03. The molecule has 2 aliphatic rings. The van der Waals surface area contributed by atoms with E-state index in [9.17, 15) is 4.79 Å². The first-order chi connectivity index (χ1) is 7.38. The maximum atomic E-state index is 12.1. The van der Waals surface area contributed by atoms with E-state index < -0.39 is 0 Å². The van der Waals surface area contributed by atoms with Crippen LogP contribution in [0.15, 0.2) is 0 Å². The minimum Gasteiger partial charge on any atom is -0.366 e. The van der Waals surface area contributed by atoms with Crippen LogP contribution in [0.2, 0.25) is 0 Å². The number of amides is 1. The number of morpholine rings is 1. The number of nitrogens with zero attached hydrogens (tertiary/aromatic N) is 1. The van der Waals surface area contributed by atoms with Crippen LogP contribution >= 0.6 is 12.4 Å². The van der Waals surface area contributed by atoms with Gasteiger partial charge >= 0.3 is 0 Å². The van der Waals surface area contributed by atoms with Gasteiger partial charge in [-0.15, -0.1) is 12.4 Å². The van der Waals surface area contributed by atoms with Crippen LogP contribution in [-0.2, 0) is 9.53 Å². The number of rotatable bonds is 1. The third-order valence-electron chi connectivity index (χ3n) is 3.12. The Balaban J connectivity index is 0.00000128. The molecule has 0 saturated carbocycles. The van der Waals surface area contributed by atoms with Gasteiger partial charge in [-0.25, -0.2) is 0 Å². The SMILES string of the molecule is Cl.O=C([C@H]1CNCCO1)N1CCCCCC1. The highest BCUT2D eigenvalue weighted by molar-refractivity contribution is 5.85. The largest absolute Gasteiger partial charge is 0.366 e. The van der Waals surface area contributed by atoms with Crippen molar-refractivity contribution in [2.45, 2.75) is 31.8 Å². The number of halogens is 1. The Morgan fingerprint density at radius 1 is 1.19 bits per heavy atom. The lowest BCUT2D eigenvalue weighted by Gasteiger charge is -2.28. The van der Waals surface area contributed by atoms with Gasteiger partial charge in [0.15, 0.2) is 0 Å². The molecule has 5 heteroatoms. The molecule has 94 valence electrons. The number of carbonyl (C=O) groups excluding carboxylic acids is 1. The van der Waals surface area contributed by atoms with Crippen LogP contribution in [0.1, 0.15) is 25.7 Å². The van der Waals surface area contributed by atoms with Crippen molar-refractivity contribution < 1.29 is 9.53 Å². The van der Waals surface area contributed by atoms with E-state index >= 15 is 0 Å². The smallest absolute Gasteiger partial charge is 0.253 e. The number of hydrogen-bond donors (Lipinski definition) is 1. The Bertz CT molecular complexity index is 212. The zero-order valence-corrected chi connectivity index (χ0v) is 10.4. The number of likely N-dealkylation sites (tertiary alicyclic amines) is 1. The molecule has 1 atom stereocenters. The molecule has 2 rings (SSSR count). The van der Waals surface area contributed by atoms with E-state index in [4.69, 9.17) is 4.74 Å². The van der Waals surface area contributed by atoms with Crippen molar-refractivity contribution in [1.82, 2.24) is 10.2 Å². The summed E-state index contributed by atoms with van der Waals surface area (Å²) in [6, 6.07) is 0. The Labute approximate surface area is 103 Å². The number of carbonyl (C=O) groups is 1. The molecule has 1 amide bonds. The molecule has 0 unspecified atom stereocenters. The van der Waals surface area contributed by atoms with Gasteiger partial charge in [-0.3, -0.25) is 4.79 Å². The molecular formula is C11H21ClN2O2. The summed E-state index contributed by atoms with van der Waals surface area (Å²) in [7, 11) is 0. The summed E-state index contributed by atoms with van der Waals surface area (Å²) in [6.07, 6.45) is 4.57. The van der Waals surface area contributed by atoms with Crippen LogP contribution in [0, 0.1) is 0 Å². The normalized spacial score (nSPS) is 26.8. The highest BCUT2D eigenvalue weighted by Crippen LogP contribution is 2.12. The highest BCUT2D eigenvalue weighted by Gasteiger charge is 2.26. The van der Waals surface area contributed by atoms with Gasteiger partial charge < -0.3 is 15.0 Å². The maximum Gasteiger partial charge on any atom is 0.253 e. The molecule has 16 heavy (non-hydrogen) atoms. The quantitative estimate of drug-likeness (QED) is 0.747. The molecule has 2 saturated heterocycles. The molecule has 0 spiro atoms. The second kappa shape index (κ2) is 7.09. The highest BCUT2D eigenvalue weighted by atomic mass is 35.5. The number of ether oxygens (including phenoxy) is 1. The molecule has 1 N–H and O–H groups in total. The van der Waals surface area contributed by atoms with Gasteiger partial charge in [0.1, 0.15) is 6.10 Å².